The lowest BCUT2D eigenvalue weighted by molar-refractivity contribution is -0.131. The molecule has 4 heteroatoms. The number of carboxylic acids is 1. The van der Waals surface area contributed by atoms with Crippen molar-refractivity contribution in [3.05, 3.63) is 39.9 Å². The zero-order chi connectivity index (χ0) is 11.4. The molecule has 0 spiro atoms. The number of hydrogen-bond donors (Lipinski definition) is 1. The molecule has 0 saturated heterocycles. The Hall–Kier alpha value is -0.990. The highest BCUT2D eigenvalue weighted by atomic mass is 35.5. The Bertz CT molecular complexity index is 411. The molecule has 0 heterocycles. The summed E-state index contributed by atoms with van der Waals surface area (Å²) in [5.74, 6) is -0.960. The van der Waals surface area contributed by atoms with Crippen LogP contribution in [-0.4, -0.2) is 11.1 Å². The maximum atomic E-state index is 10.6. The third kappa shape index (κ3) is 3.26. The first-order valence-corrected chi connectivity index (χ1v) is 5.19. The maximum absolute atomic E-state index is 10.6. The van der Waals surface area contributed by atoms with Crippen molar-refractivity contribution in [1.82, 2.24) is 0 Å². The maximum Gasteiger partial charge on any atom is 0.328 e. The van der Waals surface area contributed by atoms with E-state index in [9.17, 15) is 4.79 Å². The summed E-state index contributed by atoms with van der Waals surface area (Å²) in [5.41, 5.74) is 1.51. The molecule has 0 saturated carbocycles. The monoisotopic (exact) mass is 244 g/mol. The van der Waals surface area contributed by atoms with Gasteiger partial charge in [0.25, 0.3) is 0 Å². The van der Waals surface area contributed by atoms with E-state index >= 15 is 0 Å². The number of hydrogen-bond acceptors (Lipinski definition) is 1. The molecular weight excluding hydrogens is 235 g/mol. The third-order valence-corrected chi connectivity index (χ3v) is 2.71. The van der Waals surface area contributed by atoms with Gasteiger partial charge in [0.15, 0.2) is 0 Å². The van der Waals surface area contributed by atoms with Crippen LogP contribution in [0.15, 0.2) is 24.3 Å². The summed E-state index contributed by atoms with van der Waals surface area (Å²) in [6.45, 7) is 1.89. The highest BCUT2D eigenvalue weighted by Crippen LogP contribution is 2.27. The lowest BCUT2D eigenvalue weighted by atomic mass is 10.0. The first-order valence-electron chi connectivity index (χ1n) is 4.43. The number of rotatable bonds is 3. The van der Waals surface area contributed by atoms with Crippen molar-refractivity contribution in [1.29, 1.82) is 0 Å². The molecule has 2 nitrogen and oxygen atoms in total. The Labute approximate surface area is 98.1 Å². The first-order chi connectivity index (χ1) is 7.04. The lowest BCUT2D eigenvalue weighted by Crippen LogP contribution is -1.92. The molecular formula is C11H10Cl2O2. The molecule has 80 valence electrons. The Morgan fingerprint density at radius 1 is 1.40 bits per heavy atom. The van der Waals surface area contributed by atoms with Gasteiger partial charge in [-0.25, -0.2) is 4.79 Å². The Kier molecular flexibility index (Phi) is 4.18. The van der Waals surface area contributed by atoms with E-state index in [0.29, 0.717) is 16.5 Å². The zero-order valence-corrected chi connectivity index (χ0v) is 9.64. The van der Waals surface area contributed by atoms with E-state index in [0.717, 1.165) is 11.1 Å². The topological polar surface area (TPSA) is 37.3 Å². The van der Waals surface area contributed by atoms with Crippen LogP contribution in [0, 0.1) is 0 Å². The average molecular weight is 245 g/mol. The number of allylic oxidation sites excluding steroid dienone is 1. The molecule has 0 radical (unpaired) electrons. The van der Waals surface area contributed by atoms with Crippen molar-refractivity contribution < 1.29 is 9.90 Å². The molecule has 0 bridgehead atoms. The third-order valence-electron chi connectivity index (χ3n) is 1.97. The fourth-order valence-corrected chi connectivity index (χ4v) is 1.53. The van der Waals surface area contributed by atoms with Crippen molar-refractivity contribution in [2.45, 2.75) is 13.3 Å². The lowest BCUT2D eigenvalue weighted by Gasteiger charge is -2.05. The minimum absolute atomic E-state index is 0.430. The summed E-state index contributed by atoms with van der Waals surface area (Å²) in [6.07, 6.45) is 1.81. The smallest absolute Gasteiger partial charge is 0.328 e. The van der Waals surface area contributed by atoms with Crippen molar-refractivity contribution >= 4 is 34.7 Å². The predicted octanol–water partition coefficient (Wildman–Crippen LogP) is 3.87. The van der Waals surface area contributed by atoms with Gasteiger partial charge in [-0.1, -0.05) is 36.2 Å². The number of carboxylic acid groups (broad SMARTS) is 1. The first kappa shape index (κ1) is 12.1. The van der Waals surface area contributed by atoms with Gasteiger partial charge in [-0.05, 0) is 29.7 Å². The van der Waals surface area contributed by atoms with Crippen LogP contribution in [-0.2, 0) is 4.79 Å². The van der Waals surface area contributed by atoms with Gasteiger partial charge in [0, 0.05) is 6.08 Å². The van der Waals surface area contributed by atoms with Gasteiger partial charge in [0.1, 0.15) is 0 Å². The van der Waals surface area contributed by atoms with Crippen molar-refractivity contribution in [3.8, 4) is 0 Å². The second-order valence-corrected chi connectivity index (χ2v) is 3.80. The molecule has 0 atom stereocenters. The largest absolute Gasteiger partial charge is 0.478 e. The average Bonchev–Trinajstić information content (AvgIpc) is 2.18. The van der Waals surface area contributed by atoms with Crippen LogP contribution in [0.2, 0.25) is 10.0 Å². The molecule has 0 aromatic heterocycles. The van der Waals surface area contributed by atoms with Crippen LogP contribution in [0.5, 0.6) is 0 Å². The molecule has 0 aliphatic carbocycles. The van der Waals surface area contributed by atoms with Gasteiger partial charge >= 0.3 is 5.97 Å². The van der Waals surface area contributed by atoms with Crippen LogP contribution < -0.4 is 0 Å². The van der Waals surface area contributed by atoms with Crippen molar-refractivity contribution in [2.24, 2.45) is 0 Å². The van der Waals surface area contributed by atoms with E-state index < -0.39 is 5.97 Å². The van der Waals surface area contributed by atoms with Gasteiger partial charge in [0.05, 0.1) is 10.0 Å². The normalized spacial score (nSPS) is 11.5. The van der Waals surface area contributed by atoms with Crippen LogP contribution in [0.4, 0.5) is 0 Å². The second kappa shape index (κ2) is 5.19. The Balaban J connectivity index is 3.14. The van der Waals surface area contributed by atoms with Crippen LogP contribution in [0.3, 0.4) is 0 Å². The molecule has 0 unspecified atom stereocenters. The van der Waals surface area contributed by atoms with E-state index in [1.54, 1.807) is 18.2 Å². The molecule has 0 aliphatic heterocycles. The number of aliphatic carboxylic acids is 1. The highest BCUT2D eigenvalue weighted by molar-refractivity contribution is 6.42. The molecule has 1 aromatic rings. The summed E-state index contributed by atoms with van der Waals surface area (Å²) in [4.78, 5) is 10.6. The predicted molar refractivity (Wildman–Crippen MR) is 62.4 cm³/mol. The summed E-state index contributed by atoms with van der Waals surface area (Å²) in [7, 11) is 0. The molecule has 0 aliphatic rings. The van der Waals surface area contributed by atoms with Gasteiger partial charge in [-0.2, -0.15) is 0 Å². The summed E-state index contributed by atoms with van der Waals surface area (Å²) in [6, 6.07) is 5.08. The molecule has 15 heavy (non-hydrogen) atoms. The van der Waals surface area contributed by atoms with Crippen LogP contribution >= 0.6 is 23.2 Å². The van der Waals surface area contributed by atoms with Crippen molar-refractivity contribution in [3.63, 3.8) is 0 Å². The van der Waals surface area contributed by atoms with Gasteiger partial charge in [0.2, 0.25) is 0 Å². The summed E-state index contributed by atoms with van der Waals surface area (Å²) in [5, 5.41) is 9.56. The molecule has 1 rings (SSSR count). The second-order valence-electron chi connectivity index (χ2n) is 2.99. The molecule has 1 aromatic carbocycles. The van der Waals surface area contributed by atoms with E-state index in [1.807, 2.05) is 6.92 Å². The zero-order valence-electron chi connectivity index (χ0n) is 8.13. The minimum atomic E-state index is -0.960. The fraction of sp³-hybridized carbons (Fsp3) is 0.182. The number of halogens is 2. The molecule has 0 fully saturated rings. The van der Waals surface area contributed by atoms with Crippen LogP contribution in [0.1, 0.15) is 18.9 Å². The van der Waals surface area contributed by atoms with E-state index in [2.05, 4.69) is 0 Å². The quantitative estimate of drug-likeness (QED) is 0.820. The summed E-state index contributed by atoms with van der Waals surface area (Å²) < 4.78 is 0. The SMILES string of the molecule is CC/C(=C\C(=O)O)c1ccc(Cl)c(Cl)c1. The highest BCUT2D eigenvalue weighted by Gasteiger charge is 2.04. The summed E-state index contributed by atoms with van der Waals surface area (Å²) >= 11 is 11.6. The fourth-order valence-electron chi connectivity index (χ4n) is 1.23. The van der Waals surface area contributed by atoms with Gasteiger partial charge in [-0.3, -0.25) is 0 Å². The van der Waals surface area contributed by atoms with Crippen LogP contribution in [0.25, 0.3) is 5.57 Å². The van der Waals surface area contributed by atoms with E-state index in [1.165, 1.54) is 6.08 Å². The molecule has 1 N–H and O–H groups in total. The van der Waals surface area contributed by atoms with Gasteiger partial charge in [-0.15, -0.1) is 0 Å². The Morgan fingerprint density at radius 2 is 2.07 bits per heavy atom. The Morgan fingerprint density at radius 3 is 2.53 bits per heavy atom. The van der Waals surface area contributed by atoms with Gasteiger partial charge < -0.3 is 5.11 Å². The van der Waals surface area contributed by atoms with Crippen molar-refractivity contribution in [2.75, 3.05) is 0 Å². The minimum Gasteiger partial charge on any atom is -0.478 e. The molecule has 0 amide bonds. The van der Waals surface area contributed by atoms with E-state index in [-0.39, 0.29) is 0 Å². The number of benzene rings is 1. The number of carbonyl (C=O) groups is 1. The van der Waals surface area contributed by atoms with E-state index in [4.69, 9.17) is 28.3 Å². The standard InChI is InChI=1S/C11H10Cl2O2/c1-2-7(6-11(14)15)8-3-4-9(12)10(13)5-8/h3-6H,2H2,1H3,(H,14,15)/b7-6+.